The number of piperidine rings is 1. The van der Waals surface area contributed by atoms with Crippen LogP contribution in [0.5, 0.6) is 0 Å². The summed E-state index contributed by atoms with van der Waals surface area (Å²) in [5, 5.41) is 10.9. The summed E-state index contributed by atoms with van der Waals surface area (Å²) in [6.07, 6.45) is 1.26. The average molecular weight is 257 g/mol. The Bertz CT molecular complexity index is 293. The lowest BCUT2D eigenvalue weighted by molar-refractivity contribution is -0.168. The Hall–Kier alpha value is -0.610. The number of rotatable bonds is 4. The van der Waals surface area contributed by atoms with E-state index in [2.05, 4.69) is 18.9 Å². The average Bonchev–Trinajstić information content (AvgIpc) is 2.24. The van der Waals surface area contributed by atoms with Gasteiger partial charge in [0.1, 0.15) is 0 Å². The van der Waals surface area contributed by atoms with Crippen LogP contribution in [0.2, 0.25) is 0 Å². The van der Waals surface area contributed by atoms with Crippen LogP contribution in [0, 0.1) is 11.8 Å². The molecular weight excluding hydrogens is 230 g/mol. The Morgan fingerprint density at radius 3 is 2.61 bits per heavy atom. The van der Waals surface area contributed by atoms with Gasteiger partial charge in [0.25, 0.3) is 0 Å². The second-order valence-electron chi connectivity index (χ2n) is 5.86. The molecule has 0 radical (unpaired) electrons. The van der Waals surface area contributed by atoms with E-state index in [1.165, 1.54) is 0 Å². The molecule has 0 aromatic rings. The van der Waals surface area contributed by atoms with E-state index in [9.17, 15) is 9.90 Å². The van der Waals surface area contributed by atoms with Gasteiger partial charge in [0.2, 0.25) is 0 Å². The minimum Gasteiger partial charge on any atom is -0.466 e. The largest absolute Gasteiger partial charge is 0.466 e. The molecule has 1 heterocycles. The summed E-state index contributed by atoms with van der Waals surface area (Å²) < 4.78 is 5.13. The SMILES string of the molecule is CCOC(=O)C(C(C)C)C1(O)CCN(C)C(C)C1. The molecule has 3 atom stereocenters. The van der Waals surface area contributed by atoms with Gasteiger partial charge >= 0.3 is 5.97 Å². The van der Waals surface area contributed by atoms with Crippen molar-refractivity contribution >= 4 is 5.97 Å². The van der Waals surface area contributed by atoms with Gasteiger partial charge in [-0.3, -0.25) is 4.79 Å². The summed E-state index contributed by atoms with van der Waals surface area (Å²) in [7, 11) is 2.05. The van der Waals surface area contributed by atoms with Crippen molar-refractivity contribution in [3.63, 3.8) is 0 Å². The number of ether oxygens (including phenoxy) is 1. The highest BCUT2D eigenvalue weighted by atomic mass is 16.5. The van der Waals surface area contributed by atoms with Crippen molar-refractivity contribution < 1.29 is 14.6 Å². The van der Waals surface area contributed by atoms with Crippen molar-refractivity contribution in [3.05, 3.63) is 0 Å². The van der Waals surface area contributed by atoms with Crippen LogP contribution in [-0.4, -0.2) is 47.8 Å². The number of hydrogen-bond acceptors (Lipinski definition) is 4. The second-order valence-corrected chi connectivity index (χ2v) is 5.86. The molecule has 1 rings (SSSR count). The van der Waals surface area contributed by atoms with Gasteiger partial charge in [-0.1, -0.05) is 13.8 Å². The first kappa shape index (κ1) is 15.4. The summed E-state index contributed by atoms with van der Waals surface area (Å²) in [6, 6.07) is 0.291. The standard InChI is InChI=1S/C14H27NO3/c1-6-18-13(16)12(10(2)3)14(17)7-8-15(5)11(4)9-14/h10-12,17H,6-9H2,1-5H3. The van der Waals surface area contributed by atoms with Gasteiger partial charge in [-0.05, 0) is 39.7 Å². The normalized spacial score (nSPS) is 31.4. The molecule has 4 heteroatoms. The van der Waals surface area contributed by atoms with Crippen LogP contribution in [0.15, 0.2) is 0 Å². The summed E-state index contributed by atoms with van der Waals surface area (Å²) in [5.74, 6) is -0.593. The Morgan fingerprint density at radius 2 is 2.17 bits per heavy atom. The number of aliphatic hydroxyl groups is 1. The molecule has 4 nitrogen and oxygen atoms in total. The zero-order valence-corrected chi connectivity index (χ0v) is 12.3. The summed E-state index contributed by atoms with van der Waals surface area (Å²) in [6.45, 7) is 9.03. The topological polar surface area (TPSA) is 49.8 Å². The Kier molecular flexibility index (Phi) is 5.17. The molecule has 0 bridgehead atoms. The first-order chi connectivity index (χ1) is 8.31. The first-order valence-corrected chi connectivity index (χ1v) is 6.91. The number of carbonyl (C=O) groups is 1. The van der Waals surface area contributed by atoms with Crippen molar-refractivity contribution in [3.8, 4) is 0 Å². The van der Waals surface area contributed by atoms with Gasteiger partial charge in [0.15, 0.2) is 0 Å². The predicted molar refractivity (Wildman–Crippen MR) is 71.2 cm³/mol. The zero-order valence-electron chi connectivity index (χ0n) is 12.3. The highest BCUT2D eigenvalue weighted by molar-refractivity contribution is 5.74. The van der Waals surface area contributed by atoms with Crippen LogP contribution in [0.25, 0.3) is 0 Å². The van der Waals surface area contributed by atoms with Crippen molar-refractivity contribution in [1.29, 1.82) is 0 Å². The molecule has 106 valence electrons. The quantitative estimate of drug-likeness (QED) is 0.778. The number of hydrogen-bond donors (Lipinski definition) is 1. The van der Waals surface area contributed by atoms with Gasteiger partial charge < -0.3 is 14.7 Å². The molecule has 1 saturated heterocycles. The van der Waals surface area contributed by atoms with Crippen LogP contribution >= 0.6 is 0 Å². The highest BCUT2D eigenvalue weighted by Crippen LogP contribution is 2.37. The molecule has 0 spiro atoms. The van der Waals surface area contributed by atoms with E-state index < -0.39 is 11.5 Å². The lowest BCUT2D eigenvalue weighted by atomic mass is 9.72. The fourth-order valence-electron chi connectivity index (χ4n) is 2.99. The molecular formula is C14H27NO3. The predicted octanol–water partition coefficient (Wildman–Crippen LogP) is 1.67. The van der Waals surface area contributed by atoms with Crippen LogP contribution in [0.4, 0.5) is 0 Å². The van der Waals surface area contributed by atoms with Crippen molar-refractivity contribution in [2.24, 2.45) is 11.8 Å². The van der Waals surface area contributed by atoms with Gasteiger partial charge in [-0.15, -0.1) is 0 Å². The summed E-state index contributed by atoms with van der Waals surface area (Å²) in [5.41, 5.74) is -0.924. The molecule has 0 amide bonds. The zero-order chi connectivity index (χ0) is 13.9. The Labute approximate surface area is 110 Å². The summed E-state index contributed by atoms with van der Waals surface area (Å²) in [4.78, 5) is 14.3. The number of esters is 1. The minimum absolute atomic E-state index is 0.0876. The van der Waals surface area contributed by atoms with E-state index in [-0.39, 0.29) is 11.9 Å². The fraction of sp³-hybridized carbons (Fsp3) is 0.929. The molecule has 0 aromatic heterocycles. The van der Waals surface area contributed by atoms with Crippen molar-refractivity contribution in [2.75, 3.05) is 20.2 Å². The Morgan fingerprint density at radius 1 is 1.56 bits per heavy atom. The van der Waals surface area contributed by atoms with Crippen LogP contribution in [0.1, 0.15) is 40.5 Å². The minimum atomic E-state index is -0.924. The van der Waals surface area contributed by atoms with Gasteiger partial charge in [-0.2, -0.15) is 0 Å². The van der Waals surface area contributed by atoms with Crippen molar-refractivity contribution in [2.45, 2.75) is 52.2 Å². The van der Waals surface area contributed by atoms with Crippen molar-refractivity contribution in [1.82, 2.24) is 4.90 Å². The van der Waals surface area contributed by atoms with Crippen LogP contribution < -0.4 is 0 Å². The van der Waals surface area contributed by atoms with Gasteiger partial charge in [0.05, 0.1) is 18.1 Å². The van der Waals surface area contributed by atoms with E-state index in [0.717, 1.165) is 6.54 Å². The lowest BCUT2D eigenvalue weighted by Crippen LogP contribution is -2.55. The monoisotopic (exact) mass is 257 g/mol. The third-order valence-electron chi connectivity index (χ3n) is 4.08. The molecule has 0 aliphatic carbocycles. The number of carbonyl (C=O) groups excluding carboxylic acids is 1. The maximum Gasteiger partial charge on any atom is 0.312 e. The van der Waals surface area contributed by atoms with Crippen LogP contribution in [0.3, 0.4) is 0 Å². The molecule has 0 aromatic carbocycles. The molecule has 1 fully saturated rings. The summed E-state index contributed by atoms with van der Waals surface area (Å²) >= 11 is 0. The fourth-order valence-corrected chi connectivity index (χ4v) is 2.99. The van der Waals surface area contributed by atoms with Gasteiger partial charge in [0, 0.05) is 12.6 Å². The molecule has 1 aliphatic rings. The Balaban J connectivity index is 2.87. The van der Waals surface area contributed by atoms with E-state index in [1.54, 1.807) is 6.92 Å². The smallest absolute Gasteiger partial charge is 0.312 e. The van der Waals surface area contributed by atoms with E-state index in [4.69, 9.17) is 4.74 Å². The highest BCUT2D eigenvalue weighted by Gasteiger charge is 2.47. The molecule has 3 unspecified atom stereocenters. The van der Waals surface area contributed by atoms with Gasteiger partial charge in [-0.25, -0.2) is 0 Å². The number of nitrogens with zero attached hydrogens (tertiary/aromatic N) is 1. The third-order valence-corrected chi connectivity index (χ3v) is 4.08. The third kappa shape index (κ3) is 3.23. The first-order valence-electron chi connectivity index (χ1n) is 6.91. The molecule has 18 heavy (non-hydrogen) atoms. The van der Waals surface area contributed by atoms with E-state index >= 15 is 0 Å². The van der Waals surface area contributed by atoms with E-state index in [0.29, 0.717) is 25.5 Å². The second kappa shape index (κ2) is 6.02. The molecule has 1 aliphatic heterocycles. The maximum atomic E-state index is 12.1. The van der Waals surface area contributed by atoms with E-state index in [1.807, 2.05) is 13.8 Å². The molecule has 0 saturated carbocycles. The maximum absolute atomic E-state index is 12.1. The lowest BCUT2D eigenvalue weighted by Gasteiger charge is -2.45. The van der Waals surface area contributed by atoms with Crippen LogP contribution in [-0.2, 0) is 9.53 Å². The molecule has 1 N–H and O–H groups in total. The number of likely N-dealkylation sites (tertiary alicyclic amines) is 1.